The molecule has 0 aliphatic rings. The van der Waals surface area contributed by atoms with Crippen LogP contribution >= 0.6 is 0 Å². The Morgan fingerprint density at radius 2 is 2.13 bits per heavy atom. The van der Waals surface area contributed by atoms with E-state index in [1.54, 1.807) is 10.8 Å². The van der Waals surface area contributed by atoms with Gasteiger partial charge in [0.1, 0.15) is 11.1 Å². The number of fused-ring (bicyclic) bond motifs is 1. The summed E-state index contributed by atoms with van der Waals surface area (Å²) in [6.45, 7) is 2.36. The zero-order chi connectivity index (χ0) is 16.2. The maximum Gasteiger partial charge on any atom is 0.262 e. The van der Waals surface area contributed by atoms with Crippen molar-refractivity contribution in [1.82, 2.24) is 19.7 Å². The van der Waals surface area contributed by atoms with Gasteiger partial charge in [0.25, 0.3) is 5.56 Å². The van der Waals surface area contributed by atoms with Crippen LogP contribution in [-0.4, -0.2) is 24.9 Å². The maximum absolute atomic E-state index is 12.2. The first-order valence-corrected chi connectivity index (χ1v) is 7.17. The molecule has 6 heteroatoms. The van der Waals surface area contributed by atoms with Gasteiger partial charge in [0, 0.05) is 0 Å². The molecule has 0 fully saturated rings. The summed E-state index contributed by atoms with van der Waals surface area (Å²) in [6.07, 6.45) is 5.50. The molecule has 0 amide bonds. The fourth-order valence-corrected chi connectivity index (χ4v) is 2.43. The standard InChI is InChI=1S/C17H16N4O2/c1-12(6-5-9-22)15-14-16(18-11-19-17(14)23)21(20-15)10-13-7-3-2-4-8-13/h2-9,11,22H,10H2,1H3,(H,18,19,23)/b9-5-,12-6+. The number of nitrogens with zero attached hydrogens (tertiary/aromatic N) is 3. The second-order valence-corrected chi connectivity index (χ2v) is 5.11. The third kappa shape index (κ3) is 2.91. The highest BCUT2D eigenvalue weighted by molar-refractivity contribution is 5.87. The lowest BCUT2D eigenvalue weighted by Crippen LogP contribution is -2.08. The molecule has 0 aliphatic heterocycles. The van der Waals surface area contributed by atoms with E-state index in [-0.39, 0.29) is 5.56 Å². The first kappa shape index (κ1) is 14.8. The minimum absolute atomic E-state index is 0.231. The molecule has 0 saturated carbocycles. The van der Waals surface area contributed by atoms with Crippen molar-refractivity contribution >= 4 is 16.6 Å². The average Bonchev–Trinajstić information content (AvgIpc) is 2.94. The molecule has 0 radical (unpaired) electrons. The summed E-state index contributed by atoms with van der Waals surface area (Å²) in [6, 6.07) is 9.86. The third-order valence-electron chi connectivity index (χ3n) is 3.52. The summed E-state index contributed by atoms with van der Waals surface area (Å²) in [4.78, 5) is 19.1. The van der Waals surface area contributed by atoms with Gasteiger partial charge >= 0.3 is 0 Å². The summed E-state index contributed by atoms with van der Waals surface area (Å²) in [5.41, 5.74) is 2.70. The molecule has 6 nitrogen and oxygen atoms in total. The van der Waals surface area contributed by atoms with Crippen molar-refractivity contribution in [3.8, 4) is 0 Å². The lowest BCUT2D eigenvalue weighted by atomic mass is 10.1. The molecular formula is C17H16N4O2. The van der Waals surface area contributed by atoms with Crippen molar-refractivity contribution in [1.29, 1.82) is 0 Å². The lowest BCUT2D eigenvalue weighted by Gasteiger charge is -2.02. The van der Waals surface area contributed by atoms with Crippen LogP contribution in [0.4, 0.5) is 0 Å². The van der Waals surface area contributed by atoms with Crippen molar-refractivity contribution in [2.24, 2.45) is 0 Å². The van der Waals surface area contributed by atoms with Crippen molar-refractivity contribution in [2.75, 3.05) is 0 Å². The monoisotopic (exact) mass is 308 g/mol. The zero-order valence-electron chi connectivity index (χ0n) is 12.6. The minimum Gasteiger partial charge on any atom is -0.516 e. The van der Waals surface area contributed by atoms with E-state index in [4.69, 9.17) is 5.11 Å². The van der Waals surface area contributed by atoms with E-state index in [1.165, 1.54) is 12.4 Å². The Morgan fingerprint density at radius 1 is 1.35 bits per heavy atom. The fourth-order valence-electron chi connectivity index (χ4n) is 2.43. The molecule has 0 saturated heterocycles. The van der Waals surface area contributed by atoms with Gasteiger partial charge in [0.15, 0.2) is 5.65 Å². The van der Waals surface area contributed by atoms with Gasteiger partial charge in [-0.1, -0.05) is 36.4 Å². The highest BCUT2D eigenvalue weighted by Gasteiger charge is 2.16. The Labute approximate surface area is 132 Å². The maximum atomic E-state index is 12.2. The number of benzene rings is 1. The van der Waals surface area contributed by atoms with Gasteiger partial charge in [-0.2, -0.15) is 5.10 Å². The van der Waals surface area contributed by atoms with Gasteiger partial charge in [-0.3, -0.25) is 4.79 Å². The van der Waals surface area contributed by atoms with E-state index < -0.39 is 0 Å². The number of aliphatic hydroxyl groups is 1. The highest BCUT2D eigenvalue weighted by atomic mass is 16.2. The molecular weight excluding hydrogens is 292 g/mol. The summed E-state index contributed by atoms with van der Waals surface area (Å²) in [5.74, 6) is 0. The van der Waals surface area contributed by atoms with E-state index in [0.717, 1.165) is 17.4 Å². The van der Waals surface area contributed by atoms with Crippen molar-refractivity contribution in [2.45, 2.75) is 13.5 Å². The van der Waals surface area contributed by atoms with Crippen LogP contribution in [0.25, 0.3) is 16.6 Å². The minimum atomic E-state index is -0.231. The quantitative estimate of drug-likeness (QED) is 0.573. The number of H-pyrrole nitrogens is 1. The molecule has 2 heterocycles. The molecule has 0 bridgehead atoms. The number of hydrogen-bond donors (Lipinski definition) is 2. The Morgan fingerprint density at radius 3 is 2.87 bits per heavy atom. The smallest absolute Gasteiger partial charge is 0.262 e. The largest absolute Gasteiger partial charge is 0.516 e. The van der Waals surface area contributed by atoms with E-state index in [9.17, 15) is 4.79 Å². The second-order valence-electron chi connectivity index (χ2n) is 5.11. The first-order valence-electron chi connectivity index (χ1n) is 7.17. The van der Waals surface area contributed by atoms with Crippen LogP contribution in [0.1, 0.15) is 18.2 Å². The molecule has 2 N–H and O–H groups in total. The normalized spacial score (nSPS) is 12.3. The van der Waals surface area contributed by atoms with E-state index in [1.807, 2.05) is 37.3 Å². The molecule has 116 valence electrons. The van der Waals surface area contributed by atoms with E-state index >= 15 is 0 Å². The van der Waals surface area contributed by atoms with Crippen LogP contribution in [0.3, 0.4) is 0 Å². The van der Waals surface area contributed by atoms with Gasteiger partial charge in [0.05, 0.1) is 19.1 Å². The van der Waals surface area contributed by atoms with E-state index in [2.05, 4.69) is 15.1 Å². The van der Waals surface area contributed by atoms with Gasteiger partial charge in [-0.15, -0.1) is 0 Å². The summed E-state index contributed by atoms with van der Waals surface area (Å²) in [5, 5.41) is 13.8. The zero-order valence-corrected chi connectivity index (χ0v) is 12.6. The molecule has 0 atom stereocenters. The number of aromatic amines is 1. The van der Waals surface area contributed by atoms with Crippen LogP contribution in [-0.2, 0) is 6.54 Å². The average molecular weight is 308 g/mol. The molecule has 3 rings (SSSR count). The Bertz CT molecular complexity index is 936. The number of nitrogens with one attached hydrogen (secondary N) is 1. The SMILES string of the molecule is C/C(=C\C=C/O)c1nn(Cc2ccccc2)c2nc[nH]c(=O)c12. The van der Waals surface area contributed by atoms with Gasteiger partial charge in [-0.25, -0.2) is 9.67 Å². The molecule has 0 unspecified atom stereocenters. The Hall–Kier alpha value is -3.15. The summed E-state index contributed by atoms with van der Waals surface area (Å²) >= 11 is 0. The summed E-state index contributed by atoms with van der Waals surface area (Å²) in [7, 11) is 0. The second kappa shape index (κ2) is 6.31. The van der Waals surface area contributed by atoms with Crippen molar-refractivity contribution in [3.05, 3.63) is 76.7 Å². The molecule has 0 spiro atoms. The number of aromatic nitrogens is 4. The van der Waals surface area contributed by atoms with Crippen LogP contribution in [0.2, 0.25) is 0 Å². The molecule has 0 aliphatic carbocycles. The third-order valence-corrected chi connectivity index (χ3v) is 3.52. The molecule has 23 heavy (non-hydrogen) atoms. The summed E-state index contributed by atoms with van der Waals surface area (Å²) < 4.78 is 1.72. The predicted octanol–water partition coefficient (Wildman–Crippen LogP) is 2.64. The number of rotatable bonds is 4. The first-order chi connectivity index (χ1) is 11.2. The number of allylic oxidation sites excluding steroid dienone is 3. The van der Waals surface area contributed by atoms with Gasteiger partial charge < -0.3 is 10.1 Å². The Kier molecular flexibility index (Phi) is 4.05. The highest BCUT2D eigenvalue weighted by Crippen LogP contribution is 2.20. The fraction of sp³-hybridized carbons (Fsp3) is 0.118. The number of hydrogen-bond acceptors (Lipinski definition) is 4. The van der Waals surface area contributed by atoms with Crippen LogP contribution in [0, 0.1) is 0 Å². The van der Waals surface area contributed by atoms with E-state index in [0.29, 0.717) is 23.3 Å². The predicted molar refractivity (Wildman–Crippen MR) is 89.1 cm³/mol. The van der Waals surface area contributed by atoms with Crippen molar-refractivity contribution < 1.29 is 5.11 Å². The molecule has 3 aromatic rings. The Balaban J connectivity index is 2.17. The van der Waals surface area contributed by atoms with Gasteiger partial charge in [-0.05, 0) is 24.1 Å². The topological polar surface area (TPSA) is 83.8 Å². The number of aliphatic hydroxyl groups excluding tert-OH is 1. The molecule has 2 aromatic heterocycles. The van der Waals surface area contributed by atoms with Crippen LogP contribution < -0.4 is 5.56 Å². The van der Waals surface area contributed by atoms with Crippen molar-refractivity contribution in [3.63, 3.8) is 0 Å². The van der Waals surface area contributed by atoms with Gasteiger partial charge in [0.2, 0.25) is 0 Å². The van der Waals surface area contributed by atoms with Crippen LogP contribution in [0.15, 0.2) is 59.9 Å². The molecule has 1 aromatic carbocycles. The lowest BCUT2D eigenvalue weighted by molar-refractivity contribution is 0.474. The van der Waals surface area contributed by atoms with Crippen LogP contribution in [0.5, 0.6) is 0 Å².